The van der Waals surface area contributed by atoms with Crippen molar-refractivity contribution in [1.29, 1.82) is 0 Å². The van der Waals surface area contributed by atoms with Crippen LogP contribution in [0, 0.1) is 0 Å². The number of rotatable bonds is 2. The van der Waals surface area contributed by atoms with Crippen molar-refractivity contribution in [1.82, 2.24) is 0 Å². The summed E-state index contributed by atoms with van der Waals surface area (Å²) in [5.41, 5.74) is 6.11. The molecule has 1 fully saturated rings. The second-order valence-electron chi connectivity index (χ2n) is 4.10. The summed E-state index contributed by atoms with van der Waals surface area (Å²) >= 11 is 4.11. The largest absolute Gasteiger partial charge is 0.377 e. The standard InChI is InChI=1S/C8H9NOS.C5H11NO/c1-6(10)9-7-2-4-8(11)5-3-7;6-4-5-2-1-3-7-5/h2-5,11H,1H3,(H,9,10);5H,1-4,6H2. The quantitative estimate of drug-likeness (QED) is 0.719. The van der Waals surface area contributed by atoms with Gasteiger partial charge in [-0.2, -0.15) is 0 Å². The Kier molecular flexibility index (Phi) is 6.78. The monoisotopic (exact) mass is 268 g/mol. The zero-order valence-electron chi connectivity index (χ0n) is 10.6. The first-order chi connectivity index (χ1) is 8.61. The van der Waals surface area contributed by atoms with Gasteiger partial charge in [-0.1, -0.05) is 0 Å². The molecule has 1 saturated heterocycles. The van der Waals surface area contributed by atoms with Crippen molar-refractivity contribution >= 4 is 24.2 Å². The molecule has 18 heavy (non-hydrogen) atoms. The van der Waals surface area contributed by atoms with Crippen LogP contribution in [0.4, 0.5) is 5.69 Å². The van der Waals surface area contributed by atoms with Crippen LogP contribution < -0.4 is 11.1 Å². The van der Waals surface area contributed by atoms with E-state index in [1.165, 1.54) is 13.3 Å². The lowest BCUT2D eigenvalue weighted by Crippen LogP contribution is -2.17. The number of nitrogens with two attached hydrogens (primary N) is 1. The van der Waals surface area contributed by atoms with Crippen molar-refractivity contribution < 1.29 is 9.53 Å². The topological polar surface area (TPSA) is 64.4 Å². The molecule has 0 spiro atoms. The number of hydrogen-bond donors (Lipinski definition) is 3. The molecule has 1 unspecified atom stereocenters. The van der Waals surface area contributed by atoms with Crippen LogP contribution in [0.1, 0.15) is 19.8 Å². The first-order valence-corrected chi connectivity index (χ1v) is 6.45. The van der Waals surface area contributed by atoms with E-state index in [1.807, 2.05) is 24.3 Å². The Morgan fingerprint density at radius 2 is 2.17 bits per heavy atom. The molecule has 5 heteroatoms. The Bertz CT molecular complexity index is 362. The highest BCUT2D eigenvalue weighted by Gasteiger charge is 2.11. The lowest BCUT2D eigenvalue weighted by molar-refractivity contribution is -0.114. The summed E-state index contributed by atoms with van der Waals surface area (Å²) in [4.78, 5) is 11.5. The van der Waals surface area contributed by atoms with Gasteiger partial charge in [-0.3, -0.25) is 4.79 Å². The molecular formula is C13H20N2O2S. The van der Waals surface area contributed by atoms with Gasteiger partial charge in [0.2, 0.25) is 5.91 Å². The third-order valence-electron chi connectivity index (χ3n) is 2.47. The van der Waals surface area contributed by atoms with Gasteiger partial charge in [-0.05, 0) is 37.1 Å². The van der Waals surface area contributed by atoms with E-state index >= 15 is 0 Å². The highest BCUT2D eigenvalue weighted by Crippen LogP contribution is 2.11. The smallest absolute Gasteiger partial charge is 0.221 e. The fourth-order valence-corrected chi connectivity index (χ4v) is 1.73. The average molecular weight is 268 g/mol. The van der Waals surface area contributed by atoms with Crippen LogP contribution in [0.25, 0.3) is 0 Å². The van der Waals surface area contributed by atoms with Crippen LogP contribution in [0.5, 0.6) is 0 Å². The number of carbonyl (C=O) groups is 1. The van der Waals surface area contributed by atoms with E-state index in [9.17, 15) is 4.79 Å². The zero-order valence-corrected chi connectivity index (χ0v) is 11.5. The average Bonchev–Trinajstić information content (AvgIpc) is 2.85. The molecule has 1 aliphatic heterocycles. The lowest BCUT2D eigenvalue weighted by atomic mass is 10.2. The summed E-state index contributed by atoms with van der Waals surface area (Å²) in [5.74, 6) is -0.0584. The number of carbonyl (C=O) groups excluding carboxylic acids is 1. The molecule has 0 bridgehead atoms. The maximum atomic E-state index is 10.6. The molecule has 4 nitrogen and oxygen atoms in total. The van der Waals surface area contributed by atoms with Gasteiger partial charge in [0.25, 0.3) is 0 Å². The molecule has 2 rings (SSSR count). The highest BCUT2D eigenvalue weighted by atomic mass is 32.1. The van der Waals surface area contributed by atoms with E-state index in [0.717, 1.165) is 23.6 Å². The molecule has 1 aliphatic rings. The molecule has 1 amide bonds. The predicted molar refractivity (Wildman–Crippen MR) is 76.0 cm³/mol. The number of hydrogen-bond acceptors (Lipinski definition) is 4. The molecule has 3 N–H and O–H groups in total. The number of ether oxygens (including phenoxy) is 1. The second-order valence-corrected chi connectivity index (χ2v) is 4.62. The number of thiol groups is 1. The summed E-state index contributed by atoms with van der Waals surface area (Å²) in [5, 5.41) is 2.66. The van der Waals surface area contributed by atoms with Crippen LogP contribution in [-0.2, 0) is 9.53 Å². The first-order valence-electron chi connectivity index (χ1n) is 6.00. The maximum Gasteiger partial charge on any atom is 0.221 e. The van der Waals surface area contributed by atoms with Crippen molar-refractivity contribution in [2.24, 2.45) is 5.73 Å². The van der Waals surface area contributed by atoms with Gasteiger partial charge in [0, 0.05) is 30.7 Å². The van der Waals surface area contributed by atoms with E-state index in [0.29, 0.717) is 12.6 Å². The van der Waals surface area contributed by atoms with E-state index in [4.69, 9.17) is 10.5 Å². The Morgan fingerprint density at radius 1 is 1.50 bits per heavy atom. The fourth-order valence-electron chi connectivity index (χ4n) is 1.58. The maximum absolute atomic E-state index is 10.6. The van der Waals surface area contributed by atoms with E-state index < -0.39 is 0 Å². The Hall–Kier alpha value is -1.04. The second kappa shape index (κ2) is 8.13. The van der Waals surface area contributed by atoms with Gasteiger partial charge in [0.05, 0.1) is 6.10 Å². The zero-order chi connectivity index (χ0) is 13.4. The van der Waals surface area contributed by atoms with Crippen molar-refractivity contribution in [2.45, 2.75) is 30.8 Å². The molecule has 0 aromatic heterocycles. The van der Waals surface area contributed by atoms with Gasteiger partial charge >= 0.3 is 0 Å². The number of anilines is 1. The Labute approximate surface area is 113 Å². The summed E-state index contributed by atoms with van der Waals surface area (Å²) in [6, 6.07) is 7.27. The highest BCUT2D eigenvalue weighted by molar-refractivity contribution is 7.80. The number of amides is 1. The van der Waals surface area contributed by atoms with Crippen molar-refractivity contribution in [3.05, 3.63) is 24.3 Å². The normalized spacial score (nSPS) is 17.8. The van der Waals surface area contributed by atoms with Gasteiger partial charge < -0.3 is 15.8 Å². The van der Waals surface area contributed by atoms with Crippen LogP contribution in [-0.4, -0.2) is 25.2 Å². The summed E-state index contributed by atoms with van der Waals surface area (Å²) < 4.78 is 5.18. The molecule has 1 heterocycles. The van der Waals surface area contributed by atoms with Gasteiger partial charge in [-0.25, -0.2) is 0 Å². The van der Waals surface area contributed by atoms with Gasteiger partial charge in [0.15, 0.2) is 0 Å². The molecule has 0 radical (unpaired) electrons. The van der Waals surface area contributed by atoms with E-state index in [2.05, 4.69) is 17.9 Å². The van der Waals surface area contributed by atoms with Crippen LogP contribution >= 0.6 is 12.6 Å². The van der Waals surface area contributed by atoms with Gasteiger partial charge in [-0.15, -0.1) is 12.6 Å². The number of benzene rings is 1. The van der Waals surface area contributed by atoms with E-state index in [1.54, 1.807) is 0 Å². The van der Waals surface area contributed by atoms with Crippen molar-refractivity contribution in [3.63, 3.8) is 0 Å². The third-order valence-corrected chi connectivity index (χ3v) is 2.77. The molecular weight excluding hydrogens is 248 g/mol. The minimum absolute atomic E-state index is 0.0584. The summed E-state index contributed by atoms with van der Waals surface area (Å²) in [6.45, 7) is 3.09. The van der Waals surface area contributed by atoms with Crippen LogP contribution in [0.15, 0.2) is 29.2 Å². The SMILES string of the molecule is CC(=O)Nc1ccc(S)cc1.NCC1CCCO1. The molecule has 1 atom stereocenters. The lowest BCUT2D eigenvalue weighted by Gasteiger charge is -2.01. The van der Waals surface area contributed by atoms with Crippen LogP contribution in [0.3, 0.4) is 0 Å². The summed E-state index contributed by atoms with van der Waals surface area (Å²) in [7, 11) is 0. The first kappa shape index (κ1) is 15.0. The molecule has 100 valence electrons. The Balaban J connectivity index is 0.000000199. The molecule has 0 saturated carbocycles. The van der Waals surface area contributed by atoms with Gasteiger partial charge in [0.1, 0.15) is 0 Å². The molecule has 1 aromatic rings. The Morgan fingerprint density at radius 3 is 2.56 bits per heavy atom. The van der Waals surface area contributed by atoms with E-state index in [-0.39, 0.29) is 5.91 Å². The predicted octanol–water partition coefficient (Wildman–Crippen LogP) is 2.06. The van der Waals surface area contributed by atoms with Crippen LogP contribution in [0.2, 0.25) is 0 Å². The van der Waals surface area contributed by atoms with Crippen molar-refractivity contribution in [3.8, 4) is 0 Å². The molecule has 0 aliphatic carbocycles. The number of nitrogens with one attached hydrogen (secondary N) is 1. The fraction of sp³-hybridized carbons (Fsp3) is 0.462. The third kappa shape index (κ3) is 6.05. The summed E-state index contributed by atoms with van der Waals surface area (Å²) in [6.07, 6.45) is 2.73. The minimum Gasteiger partial charge on any atom is -0.377 e. The van der Waals surface area contributed by atoms with Crippen molar-refractivity contribution in [2.75, 3.05) is 18.5 Å². The minimum atomic E-state index is -0.0584. The molecule has 1 aromatic carbocycles.